The second kappa shape index (κ2) is 4.49. The molecule has 1 aliphatic rings. The van der Waals surface area contributed by atoms with Crippen molar-refractivity contribution in [1.29, 1.82) is 0 Å². The molecule has 0 atom stereocenters. The van der Waals surface area contributed by atoms with Crippen LogP contribution >= 0.6 is 0 Å². The van der Waals surface area contributed by atoms with Crippen molar-refractivity contribution in [2.75, 3.05) is 25.5 Å². The lowest BCUT2D eigenvalue weighted by Gasteiger charge is -2.29. The highest BCUT2D eigenvalue weighted by atomic mass is 16.1. The third kappa shape index (κ3) is 2.14. The number of aromatic nitrogens is 1. The summed E-state index contributed by atoms with van der Waals surface area (Å²) in [5, 5.41) is 9.13. The van der Waals surface area contributed by atoms with Gasteiger partial charge in [0.05, 0.1) is 17.4 Å². The molecule has 0 spiro atoms. The lowest BCUT2D eigenvalue weighted by atomic mass is 10.1. The summed E-state index contributed by atoms with van der Waals surface area (Å²) in [4.78, 5) is 15.6. The maximum Gasteiger partial charge on any atom is 0.269 e. The summed E-state index contributed by atoms with van der Waals surface area (Å²) in [5.41, 5.74) is 2.31. The molecule has 0 saturated carbocycles. The number of pyridine rings is 1. The van der Waals surface area contributed by atoms with Crippen LogP contribution in [0.25, 0.3) is 0 Å². The van der Waals surface area contributed by atoms with E-state index in [0.717, 1.165) is 24.5 Å². The van der Waals surface area contributed by atoms with Gasteiger partial charge in [0.15, 0.2) is 0 Å². The third-order valence-corrected chi connectivity index (χ3v) is 2.69. The number of nitrogens with zero attached hydrogens (tertiary/aromatic N) is 1. The van der Waals surface area contributed by atoms with Gasteiger partial charge in [-0.1, -0.05) is 0 Å². The van der Waals surface area contributed by atoms with Crippen molar-refractivity contribution in [3.05, 3.63) is 23.5 Å². The Morgan fingerprint density at radius 1 is 1.50 bits per heavy atom. The van der Waals surface area contributed by atoms with Crippen LogP contribution in [-0.2, 0) is 0 Å². The molecule has 1 aromatic rings. The van der Waals surface area contributed by atoms with Crippen molar-refractivity contribution in [3.63, 3.8) is 0 Å². The SMILES string of the molecule is CNC(=O)c1ccc(NC2CNC2)c(C)n1. The molecule has 0 bridgehead atoms. The molecule has 0 unspecified atom stereocenters. The Morgan fingerprint density at radius 2 is 2.25 bits per heavy atom. The normalized spacial score (nSPS) is 15.4. The molecule has 5 nitrogen and oxygen atoms in total. The van der Waals surface area contributed by atoms with Gasteiger partial charge in [-0.2, -0.15) is 0 Å². The molecule has 1 amide bonds. The number of rotatable bonds is 3. The summed E-state index contributed by atoms with van der Waals surface area (Å²) >= 11 is 0. The molecule has 86 valence electrons. The van der Waals surface area contributed by atoms with Gasteiger partial charge >= 0.3 is 0 Å². The Bertz CT molecular complexity index is 401. The molecule has 5 heteroatoms. The number of aryl methyl sites for hydroxylation is 1. The van der Waals surface area contributed by atoms with Gasteiger partial charge in [0.2, 0.25) is 0 Å². The van der Waals surface area contributed by atoms with Gasteiger partial charge in [0.25, 0.3) is 5.91 Å². The number of hydrogen-bond acceptors (Lipinski definition) is 4. The highest BCUT2D eigenvalue weighted by Crippen LogP contribution is 2.15. The molecule has 2 heterocycles. The molecular formula is C11H16N4O. The van der Waals surface area contributed by atoms with E-state index in [1.54, 1.807) is 13.1 Å². The van der Waals surface area contributed by atoms with Crippen LogP contribution in [0.15, 0.2) is 12.1 Å². The fraction of sp³-hybridized carbons (Fsp3) is 0.455. The van der Waals surface area contributed by atoms with Crippen molar-refractivity contribution in [2.45, 2.75) is 13.0 Å². The van der Waals surface area contributed by atoms with Crippen molar-refractivity contribution in [2.24, 2.45) is 0 Å². The number of amides is 1. The Balaban J connectivity index is 2.12. The zero-order valence-corrected chi connectivity index (χ0v) is 9.50. The first kappa shape index (κ1) is 10.9. The minimum atomic E-state index is -0.153. The van der Waals surface area contributed by atoms with E-state index in [1.807, 2.05) is 13.0 Å². The van der Waals surface area contributed by atoms with Gasteiger partial charge in [-0.3, -0.25) is 4.79 Å². The molecule has 0 aromatic carbocycles. The Hall–Kier alpha value is -1.62. The van der Waals surface area contributed by atoms with Crippen LogP contribution in [0.4, 0.5) is 5.69 Å². The second-order valence-corrected chi connectivity index (χ2v) is 3.91. The topological polar surface area (TPSA) is 66.1 Å². The van der Waals surface area contributed by atoms with Gasteiger partial charge in [-0.15, -0.1) is 0 Å². The van der Waals surface area contributed by atoms with E-state index < -0.39 is 0 Å². The average molecular weight is 220 g/mol. The molecule has 16 heavy (non-hydrogen) atoms. The average Bonchev–Trinajstić information content (AvgIpc) is 2.23. The molecule has 1 aromatic heterocycles. The summed E-state index contributed by atoms with van der Waals surface area (Å²) in [7, 11) is 1.60. The molecule has 1 fully saturated rings. The van der Waals surface area contributed by atoms with Crippen molar-refractivity contribution < 1.29 is 4.79 Å². The van der Waals surface area contributed by atoms with Gasteiger partial charge in [-0.05, 0) is 19.1 Å². The predicted molar refractivity (Wildman–Crippen MR) is 62.6 cm³/mol. The van der Waals surface area contributed by atoms with Crippen LogP contribution in [0.2, 0.25) is 0 Å². The van der Waals surface area contributed by atoms with Crippen LogP contribution in [0.1, 0.15) is 16.2 Å². The Labute approximate surface area is 94.6 Å². The molecule has 0 radical (unpaired) electrons. The lowest BCUT2D eigenvalue weighted by Crippen LogP contribution is -2.51. The standard InChI is InChI=1S/C11H16N4O/c1-7-9(15-8-5-13-6-8)3-4-10(14-7)11(16)12-2/h3-4,8,13,15H,5-6H2,1-2H3,(H,12,16). The first-order valence-electron chi connectivity index (χ1n) is 5.37. The molecule has 1 saturated heterocycles. The summed E-state index contributed by atoms with van der Waals surface area (Å²) in [5.74, 6) is -0.153. The van der Waals surface area contributed by atoms with E-state index in [-0.39, 0.29) is 5.91 Å². The number of nitrogens with one attached hydrogen (secondary N) is 3. The van der Waals surface area contributed by atoms with Gasteiger partial charge in [0.1, 0.15) is 5.69 Å². The smallest absolute Gasteiger partial charge is 0.269 e. The zero-order valence-electron chi connectivity index (χ0n) is 9.50. The predicted octanol–water partition coefficient (Wildman–Crippen LogP) is 0.133. The van der Waals surface area contributed by atoms with E-state index in [0.29, 0.717) is 11.7 Å². The first-order valence-corrected chi connectivity index (χ1v) is 5.37. The second-order valence-electron chi connectivity index (χ2n) is 3.91. The van der Waals surface area contributed by atoms with E-state index in [9.17, 15) is 4.79 Å². The summed E-state index contributed by atoms with van der Waals surface area (Å²) in [6.07, 6.45) is 0. The van der Waals surface area contributed by atoms with Crippen molar-refractivity contribution in [1.82, 2.24) is 15.6 Å². The fourth-order valence-corrected chi connectivity index (χ4v) is 1.58. The number of carbonyl (C=O) groups is 1. The monoisotopic (exact) mass is 220 g/mol. The largest absolute Gasteiger partial charge is 0.378 e. The van der Waals surface area contributed by atoms with Crippen LogP contribution in [0.3, 0.4) is 0 Å². The first-order chi connectivity index (χ1) is 7.70. The van der Waals surface area contributed by atoms with Crippen LogP contribution in [-0.4, -0.2) is 37.1 Å². The number of carbonyl (C=O) groups excluding carboxylic acids is 1. The maximum absolute atomic E-state index is 11.4. The van der Waals surface area contributed by atoms with E-state index >= 15 is 0 Å². The lowest BCUT2D eigenvalue weighted by molar-refractivity contribution is 0.0958. The van der Waals surface area contributed by atoms with E-state index in [4.69, 9.17) is 0 Å². The summed E-state index contributed by atoms with van der Waals surface area (Å²) in [6, 6.07) is 4.12. The van der Waals surface area contributed by atoms with Crippen LogP contribution in [0, 0.1) is 6.92 Å². The van der Waals surface area contributed by atoms with Gasteiger partial charge < -0.3 is 16.0 Å². The molecular weight excluding hydrogens is 204 g/mol. The molecule has 0 aliphatic carbocycles. The minimum Gasteiger partial charge on any atom is -0.378 e. The van der Waals surface area contributed by atoms with Crippen molar-refractivity contribution in [3.8, 4) is 0 Å². The van der Waals surface area contributed by atoms with E-state index in [2.05, 4.69) is 20.9 Å². The maximum atomic E-state index is 11.4. The Kier molecular flexibility index (Phi) is 3.05. The van der Waals surface area contributed by atoms with Gasteiger partial charge in [0, 0.05) is 20.1 Å². The molecule has 3 N–H and O–H groups in total. The molecule has 1 aliphatic heterocycles. The highest BCUT2D eigenvalue weighted by molar-refractivity contribution is 5.92. The third-order valence-electron chi connectivity index (χ3n) is 2.69. The number of hydrogen-bond donors (Lipinski definition) is 3. The quantitative estimate of drug-likeness (QED) is 0.677. The van der Waals surface area contributed by atoms with Crippen molar-refractivity contribution >= 4 is 11.6 Å². The fourth-order valence-electron chi connectivity index (χ4n) is 1.58. The summed E-state index contributed by atoms with van der Waals surface area (Å²) in [6.45, 7) is 3.87. The van der Waals surface area contributed by atoms with Gasteiger partial charge in [-0.25, -0.2) is 4.98 Å². The highest BCUT2D eigenvalue weighted by Gasteiger charge is 2.17. The minimum absolute atomic E-state index is 0.153. The molecule has 2 rings (SSSR count). The Morgan fingerprint density at radius 3 is 2.75 bits per heavy atom. The number of anilines is 1. The van der Waals surface area contributed by atoms with Crippen LogP contribution < -0.4 is 16.0 Å². The zero-order chi connectivity index (χ0) is 11.5. The van der Waals surface area contributed by atoms with Crippen LogP contribution in [0.5, 0.6) is 0 Å². The van der Waals surface area contributed by atoms with E-state index in [1.165, 1.54) is 0 Å². The summed E-state index contributed by atoms with van der Waals surface area (Å²) < 4.78 is 0.